The summed E-state index contributed by atoms with van der Waals surface area (Å²) in [6, 6.07) is 13.9. The van der Waals surface area contributed by atoms with Gasteiger partial charge in [-0.3, -0.25) is 9.59 Å². The van der Waals surface area contributed by atoms with Crippen LogP contribution in [-0.2, 0) is 9.59 Å². The quantitative estimate of drug-likeness (QED) is 0.254. The number of likely N-dealkylation sites (N-methyl/N-ethyl adjacent to an activating group) is 1. The van der Waals surface area contributed by atoms with Gasteiger partial charge in [0.25, 0.3) is 11.7 Å². The molecule has 1 unspecified atom stereocenters. The number of nitrogens with zero attached hydrogens (tertiary/aromatic N) is 2. The number of benzene rings is 2. The maximum atomic E-state index is 13.1. The normalized spacial score (nSPS) is 17.6. The first-order valence-electron chi connectivity index (χ1n) is 11.3. The Morgan fingerprint density at radius 3 is 2.30 bits per heavy atom. The minimum absolute atomic E-state index is 0.114. The standard InChI is InChI=1S/C27H32N2O4/c1-5-18-33-22-14-12-21(13-15-22)25(30)23-24(20-10-8-19(4)9-11-20)29(27(32)26(23)31)17-16-28(6-2)7-3/h5,8-15,24,30H,1,6-7,16-18H2,2-4H3/b25-23+. The molecule has 0 spiro atoms. The van der Waals surface area contributed by atoms with Crippen molar-refractivity contribution in [3.05, 3.63) is 83.4 Å². The first-order chi connectivity index (χ1) is 15.9. The molecule has 1 aliphatic heterocycles. The summed E-state index contributed by atoms with van der Waals surface area (Å²) in [4.78, 5) is 29.9. The molecule has 3 rings (SSSR count). The fourth-order valence-corrected chi connectivity index (χ4v) is 4.01. The summed E-state index contributed by atoms with van der Waals surface area (Å²) in [6.07, 6.45) is 1.65. The van der Waals surface area contributed by atoms with E-state index in [4.69, 9.17) is 4.74 Å². The molecule has 1 atom stereocenters. The van der Waals surface area contributed by atoms with Crippen LogP contribution in [0.15, 0.2) is 66.8 Å². The van der Waals surface area contributed by atoms with Crippen LogP contribution >= 0.6 is 0 Å². The number of aryl methyl sites for hydroxylation is 1. The van der Waals surface area contributed by atoms with Crippen LogP contribution in [0.4, 0.5) is 0 Å². The Kier molecular flexibility index (Phi) is 8.06. The third-order valence-electron chi connectivity index (χ3n) is 5.98. The Hall–Kier alpha value is -3.38. The van der Waals surface area contributed by atoms with Crippen molar-refractivity contribution in [1.29, 1.82) is 0 Å². The molecule has 174 valence electrons. The first kappa shape index (κ1) is 24.3. The van der Waals surface area contributed by atoms with E-state index in [-0.39, 0.29) is 11.3 Å². The van der Waals surface area contributed by atoms with E-state index in [9.17, 15) is 14.7 Å². The second kappa shape index (κ2) is 11.0. The van der Waals surface area contributed by atoms with Gasteiger partial charge in [0.15, 0.2) is 0 Å². The highest BCUT2D eigenvalue weighted by Crippen LogP contribution is 2.39. The number of carbonyl (C=O) groups excluding carboxylic acids is 2. The number of aliphatic hydroxyl groups excluding tert-OH is 1. The molecule has 33 heavy (non-hydrogen) atoms. The van der Waals surface area contributed by atoms with E-state index >= 15 is 0 Å². The fourth-order valence-electron chi connectivity index (χ4n) is 4.01. The van der Waals surface area contributed by atoms with Crippen LogP contribution in [0.3, 0.4) is 0 Å². The van der Waals surface area contributed by atoms with Crippen LogP contribution in [0.2, 0.25) is 0 Å². The van der Waals surface area contributed by atoms with Crippen molar-refractivity contribution >= 4 is 17.4 Å². The predicted octanol–water partition coefficient (Wildman–Crippen LogP) is 4.32. The molecule has 0 bridgehead atoms. The van der Waals surface area contributed by atoms with Crippen molar-refractivity contribution in [1.82, 2.24) is 9.80 Å². The van der Waals surface area contributed by atoms with E-state index in [0.29, 0.717) is 31.0 Å². The van der Waals surface area contributed by atoms with Gasteiger partial charge in [-0.1, -0.05) is 56.3 Å². The third kappa shape index (κ3) is 5.34. The molecule has 0 aromatic heterocycles. The highest BCUT2D eigenvalue weighted by molar-refractivity contribution is 6.46. The second-order valence-electron chi connectivity index (χ2n) is 8.05. The largest absolute Gasteiger partial charge is 0.507 e. The summed E-state index contributed by atoms with van der Waals surface area (Å²) in [5.74, 6) is -0.800. The van der Waals surface area contributed by atoms with Gasteiger partial charge in [0.2, 0.25) is 0 Å². The SMILES string of the molecule is C=CCOc1ccc(/C(O)=C2\C(=O)C(=O)N(CCN(CC)CC)C2c2ccc(C)cc2)cc1. The maximum Gasteiger partial charge on any atom is 0.295 e. The highest BCUT2D eigenvalue weighted by atomic mass is 16.5. The Balaban J connectivity index is 2.03. The summed E-state index contributed by atoms with van der Waals surface area (Å²) in [5, 5.41) is 11.2. The van der Waals surface area contributed by atoms with Crippen molar-refractivity contribution in [3.8, 4) is 5.75 Å². The minimum atomic E-state index is -0.662. The highest BCUT2D eigenvalue weighted by Gasteiger charge is 2.45. The Morgan fingerprint density at radius 2 is 1.73 bits per heavy atom. The number of ketones is 1. The van der Waals surface area contributed by atoms with Crippen LogP contribution in [0.25, 0.3) is 5.76 Å². The predicted molar refractivity (Wildman–Crippen MR) is 130 cm³/mol. The van der Waals surface area contributed by atoms with Crippen LogP contribution < -0.4 is 4.74 Å². The summed E-state index contributed by atoms with van der Waals surface area (Å²) in [5.41, 5.74) is 2.45. The molecule has 0 saturated carbocycles. The zero-order valence-corrected chi connectivity index (χ0v) is 19.6. The molecule has 6 heteroatoms. The van der Waals surface area contributed by atoms with Gasteiger partial charge in [0.1, 0.15) is 18.1 Å². The van der Waals surface area contributed by atoms with Crippen molar-refractivity contribution in [2.24, 2.45) is 0 Å². The second-order valence-corrected chi connectivity index (χ2v) is 8.05. The van der Waals surface area contributed by atoms with E-state index in [1.165, 1.54) is 0 Å². The van der Waals surface area contributed by atoms with Crippen molar-refractivity contribution in [3.63, 3.8) is 0 Å². The van der Waals surface area contributed by atoms with Crippen LogP contribution in [0.1, 0.15) is 36.6 Å². The van der Waals surface area contributed by atoms with Gasteiger partial charge in [-0.05, 0) is 49.8 Å². The fraction of sp³-hybridized carbons (Fsp3) is 0.333. The molecule has 6 nitrogen and oxygen atoms in total. The monoisotopic (exact) mass is 448 g/mol. The molecule has 2 aromatic carbocycles. The number of hydrogen-bond acceptors (Lipinski definition) is 5. The molecule has 1 heterocycles. The first-order valence-corrected chi connectivity index (χ1v) is 11.3. The molecular weight excluding hydrogens is 416 g/mol. The lowest BCUT2D eigenvalue weighted by Crippen LogP contribution is -2.38. The zero-order chi connectivity index (χ0) is 24.0. The number of likely N-dealkylation sites (tertiary alicyclic amines) is 1. The summed E-state index contributed by atoms with van der Waals surface area (Å²) >= 11 is 0. The van der Waals surface area contributed by atoms with Crippen molar-refractivity contribution in [2.45, 2.75) is 26.8 Å². The zero-order valence-electron chi connectivity index (χ0n) is 19.6. The van der Waals surface area contributed by atoms with Gasteiger partial charge in [-0.15, -0.1) is 0 Å². The van der Waals surface area contributed by atoms with Gasteiger partial charge in [-0.2, -0.15) is 0 Å². The van der Waals surface area contributed by atoms with Crippen LogP contribution in [-0.4, -0.2) is 59.4 Å². The molecule has 1 amide bonds. The van der Waals surface area contributed by atoms with E-state index in [2.05, 4.69) is 25.3 Å². The number of hydrogen-bond donors (Lipinski definition) is 1. The van der Waals surface area contributed by atoms with Gasteiger partial charge in [-0.25, -0.2) is 0 Å². The number of amides is 1. The van der Waals surface area contributed by atoms with Crippen LogP contribution in [0.5, 0.6) is 5.75 Å². The van der Waals surface area contributed by atoms with Crippen LogP contribution in [0, 0.1) is 6.92 Å². The molecule has 1 saturated heterocycles. The smallest absolute Gasteiger partial charge is 0.295 e. The average Bonchev–Trinajstić information content (AvgIpc) is 3.08. The van der Waals surface area contributed by atoms with Crippen molar-refractivity contribution in [2.75, 3.05) is 32.8 Å². The molecule has 1 aliphatic rings. The van der Waals surface area contributed by atoms with Gasteiger partial charge in [0, 0.05) is 18.7 Å². The summed E-state index contributed by atoms with van der Waals surface area (Å²) in [6.45, 7) is 12.9. The van der Waals surface area contributed by atoms with E-state index in [0.717, 1.165) is 24.2 Å². The molecule has 0 radical (unpaired) electrons. The van der Waals surface area contributed by atoms with Gasteiger partial charge >= 0.3 is 0 Å². The summed E-state index contributed by atoms with van der Waals surface area (Å²) in [7, 11) is 0. The lowest BCUT2D eigenvalue weighted by Gasteiger charge is -2.28. The van der Waals surface area contributed by atoms with E-state index in [1.807, 2.05) is 31.2 Å². The molecule has 2 aromatic rings. The maximum absolute atomic E-state index is 13.1. The Bertz CT molecular complexity index is 1020. The molecule has 1 fully saturated rings. The lowest BCUT2D eigenvalue weighted by atomic mass is 9.94. The molecular formula is C27H32N2O4. The number of aliphatic hydroxyl groups is 1. The van der Waals surface area contributed by atoms with Gasteiger partial charge < -0.3 is 19.6 Å². The van der Waals surface area contributed by atoms with Crippen molar-refractivity contribution < 1.29 is 19.4 Å². The Labute approximate surface area is 195 Å². The topological polar surface area (TPSA) is 70.1 Å². The number of Topliss-reactive ketones (excluding diaryl/α,β-unsaturated/α-hetero) is 1. The van der Waals surface area contributed by atoms with E-state index < -0.39 is 17.7 Å². The van der Waals surface area contributed by atoms with E-state index in [1.54, 1.807) is 35.2 Å². The number of carbonyl (C=O) groups is 2. The lowest BCUT2D eigenvalue weighted by molar-refractivity contribution is -0.140. The number of ether oxygens (including phenoxy) is 1. The average molecular weight is 449 g/mol. The minimum Gasteiger partial charge on any atom is -0.507 e. The summed E-state index contributed by atoms with van der Waals surface area (Å²) < 4.78 is 5.50. The molecule has 0 aliphatic carbocycles. The molecule has 1 N–H and O–H groups in total. The number of rotatable bonds is 10. The third-order valence-corrected chi connectivity index (χ3v) is 5.98. The Morgan fingerprint density at radius 1 is 1.09 bits per heavy atom. The van der Waals surface area contributed by atoms with Gasteiger partial charge in [0.05, 0.1) is 11.6 Å².